The van der Waals surface area contributed by atoms with E-state index in [1.807, 2.05) is 63.2 Å². The highest BCUT2D eigenvalue weighted by molar-refractivity contribution is 7.91. The van der Waals surface area contributed by atoms with Crippen LogP contribution in [-0.4, -0.2) is 38.0 Å². The third-order valence-electron chi connectivity index (χ3n) is 5.51. The summed E-state index contributed by atoms with van der Waals surface area (Å²) in [7, 11) is -3.18. The fourth-order valence-corrected chi connectivity index (χ4v) is 5.92. The van der Waals surface area contributed by atoms with Gasteiger partial charge in [-0.2, -0.15) is 0 Å². The summed E-state index contributed by atoms with van der Waals surface area (Å²) in [4.78, 5) is 16.7. The topological polar surface area (TPSA) is 57.7 Å². The maximum atomic E-state index is 13.3. The van der Waals surface area contributed by atoms with Crippen molar-refractivity contribution < 1.29 is 13.2 Å². The van der Waals surface area contributed by atoms with Crippen molar-refractivity contribution in [2.24, 2.45) is 0 Å². The number of urea groups is 1. The molecule has 2 aromatic carbocycles. The van der Waals surface area contributed by atoms with Crippen molar-refractivity contribution in [2.75, 3.05) is 21.3 Å². The first kappa shape index (κ1) is 17.1. The van der Waals surface area contributed by atoms with Crippen LogP contribution in [0.15, 0.2) is 42.5 Å². The zero-order valence-electron chi connectivity index (χ0n) is 15.1. The highest BCUT2D eigenvalue weighted by Gasteiger charge is 2.54. The van der Waals surface area contributed by atoms with Crippen LogP contribution in [-0.2, 0) is 9.84 Å². The first-order chi connectivity index (χ1) is 12.3. The van der Waals surface area contributed by atoms with Crippen molar-refractivity contribution in [1.29, 1.82) is 0 Å². The van der Waals surface area contributed by atoms with Gasteiger partial charge >= 0.3 is 6.03 Å². The van der Waals surface area contributed by atoms with E-state index in [9.17, 15) is 13.2 Å². The van der Waals surface area contributed by atoms with Crippen LogP contribution in [0.3, 0.4) is 0 Å². The van der Waals surface area contributed by atoms with Crippen molar-refractivity contribution in [2.45, 2.75) is 32.9 Å². The van der Waals surface area contributed by atoms with Crippen LogP contribution in [0.1, 0.15) is 16.7 Å². The van der Waals surface area contributed by atoms with Crippen LogP contribution >= 0.6 is 0 Å². The number of benzene rings is 2. The molecule has 6 heteroatoms. The number of rotatable bonds is 2. The van der Waals surface area contributed by atoms with Crippen LogP contribution in [0, 0.1) is 20.8 Å². The summed E-state index contributed by atoms with van der Waals surface area (Å²) >= 11 is 0. The average Bonchev–Trinajstić information content (AvgIpc) is 3.00. The van der Waals surface area contributed by atoms with Crippen LogP contribution in [0.25, 0.3) is 0 Å². The summed E-state index contributed by atoms with van der Waals surface area (Å²) in [5.74, 6) is 0.0256. The van der Waals surface area contributed by atoms with Gasteiger partial charge in [-0.05, 0) is 55.7 Å². The molecule has 2 amide bonds. The molecule has 2 atom stereocenters. The van der Waals surface area contributed by atoms with E-state index < -0.39 is 9.84 Å². The summed E-state index contributed by atoms with van der Waals surface area (Å²) in [5.41, 5.74) is 4.75. The zero-order valence-corrected chi connectivity index (χ0v) is 16.0. The number of aryl methyl sites for hydroxylation is 3. The quantitative estimate of drug-likeness (QED) is 0.763. The van der Waals surface area contributed by atoms with E-state index in [-0.39, 0.29) is 29.6 Å². The van der Waals surface area contributed by atoms with E-state index >= 15 is 0 Å². The minimum Gasteiger partial charge on any atom is -0.288 e. The third-order valence-corrected chi connectivity index (χ3v) is 7.21. The Bertz CT molecular complexity index is 1000. The normalized spacial score (nSPS) is 24.2. The lowest BCUT2D eigenvalue weighted by Crippen LogP contribution is -2.38. The van der Waals surface area contributed by atoms with Gasteiger partial charge in [0.05, 0.1) is 23.6 Å². The second-order valence-electron chi connectivity index (χ2n) is 7.29. The second kappa shape index (κ2) is 5.84. The number of amides is 2. The number of nitrogens with zero attached hydrogens (tertiary/aromatic N) is 2. The molecule has 2 aliphatic heterocycles. The average molecular weight is 370 g/mol. The Kier molecular flexibility index (Phi) is 3.84. The third kappa shape index (κ3) is 2.60. The molecule has 0 spiro atoms. The van der Waals surface area contributed by atoms with Gasteiger partial charge in [0, 0.05) is 11.4 Å². The number of carbonyl (C=O) groups excluding carboxylic acids is 1. The molecule has 0 N–H and O–H groups in total. The van der Waals surface area contributed by atoms with Crippen LogP contribution in [0.2, 0.25) is 0 Å². The van der Waals surface area contributed by atoms with Gasteiger partial charge in [-0.3, -0.25) is 9.80 Å². The van der Waals surface area contributed by atoms with Gasteiger partial charge in [-0.15, -0.1) is 0 Å². The molecule has 2 heterocycles. The van der Waals surface area contributed by atoms with Gasteiger partial charge in [0.25, 0.3) is 0 Å². The lowest BCUT2D eigenvalue weighted by Gasteiger charge is -2.24. The van der Waals surface area contributed by atoms with E-state index in [1.54, 1.807) is 9.80 Å². The standard InChI is InChI=1S/C20H22N2O3S/c1-13-8-9-16(10-15(13)3)21-18-11-26(24,25)12-19(18)22(20(21)23)17-7-5-4-6-14(17)2/h4-10,18-19H,11-12H2,1-3H3/t18-,19+/m1/s1. The molecule has 4 rings (SSSR count). The van der Waals surface area contributed by atoms with Gasteiger partial charge in [0.2, 0.25) is 0 Å². The number of hydrogen-bond donors (Lipinski definition) is 0. The fourth-order valence-electron chi connectivity index (χ4n) is 4.00. The Morgan fingerprint density at radius 3 is 2.15 bits per heavy atom. The molecule has 2 aliphatic rings. The van der Waals surface area contributed by atoms with E-state index in [1.165, 1.54) is 0 Å². The Hall–Kier alpha value is -2.34. The maximum Gasteiger partial charge on any atom is 0.329 e. The SMILES string of the molecule is Cc1ccc(N2C(=O)N(c3ccccc3C)[C@H]3CS(=O)(=O)C[C@H]32)cc1C. The Morgan fingerprint density at radius 1 is 0.846 bits per heavy atom. The lowest BCUT2D eigenvalue weighted by atomic mass is 10.1. The molecule has 0 aromatic heterocycles. The number of hydrogen-bond acceptors (Lipinski definition) is 3. The fraction of sp³-hybridized carbons (Fsp3) is 0.350. The summed E-state index contributed by atoms with van der Waals surface area (Å²) in [6, 6.07) is 12.6. The predicted molar refractivity (Wildman–Crippen MR) is 104 cm³/mol. The molecule has 0 saturated carbocycles. The lowest BCUT2D eigenvalue weighted by molar-refractivity contribution is 0.255. The van der Waals surface area contributed by atoms with Crippen molar-refractivity contribution >= 4 is 27.2 Å². The molecule has 136 valence electrons. The molecule has 5 nitrogen and oxygen atoms in total. The number of sulfone groups is 1. The molecular formula is C20H22N2O3S. The molecule has 0 aliphatic carbocycles. The maximum absolute atomic E-state index is 13.3. The van der Waals surface area contributed by atoms with Gasteiger partial charge in [0.15, 0.2) is 9.84 Å². The highest BCUT2D eigenvalue weighted by Crippen LogP contribution is 2.39. The number of carbonyl (C=O) groups is 1. The molecule has 0 radical (unpaired) electrons. The van der Waals surface area contributed by atoms with E-state index in [0.717, 1.165) is 28.1 Å². The smallest absolute Gasteiger partial charge is 0.288 e. The minimum atomic E-state index is -3.18. The minimum absolute atomic E-state index is 0.0126. The monoisotopic (exact) mass is 370 g/mol. The number of para-hydroxylation sites is 1. The summed E-state index contributed by atoms with van der Waals surface area (Å²) in [6.07, 6.45) is 0. The van der Waals surface area contributed by atoms with Crippen molar-refractivity contribution in [3.05, 3.63) is 59.2 Å². The van der Waals surface area contributed by atoms with Crippen molar-refractivity contribution in [3.8, 4) is 0 Å². The Labute approximate surface area is 154 Å². The van der Waals surface area contributed by atoms with Crippen LogP contribution < -0.4 is 9.80 Å². The van der Waals surface area contributed by atoms with Gasteiger partial charge in [-0.25, -0.2) is 13.2 Å². The van der Waals surface area contributed by atoms with Crippen LogP contribution in [0.5, 0.6) is 0 Å². The predicted octanol–water partition coefficient (Wildman–Crippen LogP) is 3.22. The Morgan fingerprint density at radius 2 is 1.50 bits per heavy atom. The van der Waals surface area contributed by atoms with Gasteiger partial charge in [0.1, 0.15) is 0 Å². The summed E-state index contributed by atoms with van der Waals surface area (Å²) < 4.78 is 24.7. The molecular weight excluding hydrogens is 348 g/mol. The molecule has 2 fully saturated rings. The van der Waals surface area contributed by atoms with Crippen molar-refractivity contribution in [1.82, 2.24) is 0 Å². The van der Waals surface area contributed by atoms with Gasteiger partial charge in [-0.1, -0.05) is 24.3 Å². The first-order valence-corrected chi connectivity index (χ1v) is 10.6. The molecule has 2 saturated heterocycles. The number of anilines is 2. The molecule has 0 unspecified atom stereocenters. The largest absolute Gasteiger partial charge is 0.329 e. The van der Waals surface area contributed by atoms with Gasteiger partial charge < -0.3 is 0 Å². The van der Waals surface area contributed by atoms with Crippen LogP contribution in [0.4, 0.5) is 16.2 Å². The molecule has 0 bridgehead atoms. The highest BCUT2D eigenvalue weighted by atomic mass is 32.2. The summed E-state index contributed by atoms with van der Waals surface area (Å²) in [6.45, 7) is 5.97. The second-order valence-corrected chi connectivity index (χ2v) is 9.44. The molecule has 2 aromatic rings. The Balaban J connectivity index is 1.84. The zero-order chi connectivity index (χ0) is 18.6. The first-order valence-electron chi connectivity index (χ1n) is 8.74. The number of fused-ring (bicyclic) bond motifs is 1. The van der Waals surface area contributed by atoms with E-state index in [0.29, 0.717) is 0 Å². The van der Waals surface area contributed by atoms with E-state index in [4.69, 9.17) is 0 Å². The molecule has 26 heavy (non-hydrogen) atoms. The van der Waals surface area contributed by atoms with E-state index in [2.05, 4.69) is 0 Å². The summed E-state index contributed by atoms with van der Waals surface area (Å²) in [5, 5.41) is 0. The van der Waals surface area contributed by atoms with Crippen molar-refractivity contribution in [3.63, 3.8) is 0 Å².